The van der Waals surface area contributed by atoms with Crippen LogP contribution in [0.1, 0.15) is 16.8 Å². The first-order chi connectivity index (χ1) is 8.25. The molecule has 4 heteroatoms. The van der Waals surface area contributed by atoms with E-state index in [9.17, 15) is 0 Å². The summed E-state index contributed by atoms with van der Waals surface area (Å²) in [4.78, 5) is 8.02. The van der Waals surface area contributed by atoms with E-state index in [0.29, 0.717) is 0 Å². The van der Waals surface area contributed by atoms with E-state index in [2.05, 4.69) is 21.4 Å². The van der Waals surface area contributed by atoms with Crippen molar-refractivity contribution in [2.75, 3.05) is 0 Å². The van der Waals surface area contributed by atoms with Gasteiger partial charge in [-0.15, -0.1) is 0 Å². The van der Waals surface area contributed by atoms with Gasteiger partial charge in [-0.05, 0) is 30.2 Å². The number of nitrogens with zero attached hydrogens (tertiary/aromatic N) is 2. The molecule has 0 aliphatic heterocycles. The zero-order valence-corrected chi connectivity index (χ0v) is 10.4. The van der Waals surface area contributed by atoms with Crippen molar-refractivity contribution in [2.24, 2.45) is 0 Å². The molecule has 0 amide bonds. The summed E-state index contributed by atoms with van der Waals surface area (Å²) in [6, 6.07) is 8.00. The van der Waals surface area contributed by atoms with Crippen molar-refractivity contribution in [3.63, 3.8) is 0 Å². The van der Waals surface area contributed by atoms with E-state index in [1.165, 1.54) is 5.56 Å². The van der Waals surface area contributed by atoms with Crippen LogP contribution in [0.2, 0.25) is 5.02 Å². The minimum absolute atomic E-state index is 0.730. The molecule has 17 heavy (non-hydrogen) atoms. The van der Waals surface area contributed by atoms with E-state index in [0.717, 1.165) is 29.4 Å². The van der Waals surface area contributed by atoms with Gasteiger partial charge in [-0.25, -0.2) is 9.97 Å². The van der Waals surface area contributed by atoms with Crippen molar-refractivity contribution in [2.45, 2.75) is 20.0 Å². The van der Waals surface area contributed by atoms with Gasteiger partial charge in [0.05, 0.1) is 5.69 Å². The summed E-state index contributed by atoms with van der Waals surface area (Å²) in [5.41, 5.74) is 3.26. The molecule has 88 valence electrons. The Kier molecular flexibility index (Phi) is 4.07. The summed E-state index contributed by atoms with van der Waals surface area (Å²) in [7, 11) is 0. The van der Waals surface area contributed by atoms with Gasteiger partial charge < -0.3 is 5.32 Å². The fourth-order valence-electron chi connectivity index (χ4n) is 1.50. The fraction of sp³-hybridized carbons (Fsp3) is 0.231. The predicted octanol–water partition coefficient (Wildman–Crippen LogP) is 2.73. The molecule has 2 rings (SSSR count). The monoisotopic (exact) mass is 247 g/mol. The second kappa shape index (κ2) is 5.75. The molecule has 0 aliphatic carbocycles. The highest BCUT2D eigenvalue weighted by atomic mass is 35.5. The van der Waals surface area contributed by atoms with Crippen molar-refractivity contribution >= 4 is 11.6 Å². The molecular formula is C13H14ClN3. The van der Waals surface area contributed by atoms with E-state index in [-0.39, 0.29) is 0 Å². The molecule has 0 spiro atoms. The molecule has 0 aliphatic rings. The highest BCUT2D eigenvalue weighted by Gasteiger charge is 1.98. The van der Waals surface area contributed by atoms with Crippen LogP contribution < -0.4 is 5.32 Å². The summed E-state index contributed by atoms with van der Waals surface area (Å²) in [5.74, 6) is 0. The third kappa shape index (κ3) is 3.51. The summed E-state index contributed by atoms with van der Waals surface area (Å²) < 4.78 is 0. The van der Waals surface area contributed by atoms with Crippen molar-refractivity contribution in [3.8, 4) is 0 Å². The molecule has 1 heterocycles. The summed E-state index contributed by atoms with van der Waals surface area (Å²) >= 11 is 6.06. The first-order valence-corrected chi connectivity index (χ1v) is 5.84. The predicted molar refractivity (Wildman–Crippen MR) is 68.8 cm³/mol. The van der Waals surface area contributed by atoms with Crippen LogP contribution in [-0.4, -0.2) is 9.97 Å². The van der Waals surface area contributed by atoms with Gasteiger partial charge in [0.1, 0.15) is 6.33 Å². The van der Waals surface area contributed by atoms with Crippen LogP contribution in [-0.2, 0) is 13.1 Å². The lowest BCUT2D eigenvalue weighted by Gasteiger charge is -2.06. The molecule has 2 aromatic rings. The molecule has 0 fully saturated rings. The number of aromatic nitrogens is 2. The molecule has 1 aromatic carbocycles. The lowest BCUT2D eigenvalue weighted by Crippen LogP contribution is -2.13. The smallest absolute Gasteiger partial charge is 0.115 e. The maximum absolute atomic E-state index is 6.06. The first-order valence-electron chi connectivity index (χ1n) is 5.46. The topological polar surface area (TPSA) is 37.8 Å². The van der Waals surface area contributed by atoms with E-state index in [1.54, 1.807) is 12.5 Å². The maximum Gasteiger partial charge on any atom is 0.115 e. The number of hydrogen-bond donors (Lipinski definition) is 1. The van der Waals surface area contributed by atoms with Crippen molar-refractivity contribution in [1.29, 1.82) is 0 Å². The van der Waals surface area contributed by atoms with Crippen LogP contribution in [0.4, 0.5) is 0 Å². The van der Waals surface area contributed by atoms with Gasteiger partial charge in [-0.1, -0.05) is 23.7 Å². The van der Waals surface area contributed by atoms with Crippen LogP contribution in [0.3, 0.4) is 0 Å². The van der Waals surface area contributed by atoms with Gasteiger partial charge in [-0.3, -0.25) is 0 Å². The number of aryl methyl sites for hydroxylation is 1. The molecule has 0 radical (unpaired) electrons. The van der Waals surface area contributed by atoms with Gasteiger partial charge in [0.2, 0.25) is 0 Å². The number of nitrogens with one attached hydrogen (secondary N) is 1. The maximum atomic E-state index is 6.06. The van der Waals surface area contributed by atoms with Crippen LogP contribution >= 0.6 is 11.6 Å². The molecule has 3 nitrogen and oxygen atoms in total. The molecule has 1 N–H and O–H groups in total. The zero-order chi connectivity index (χ0) is 12.1. The van der Waals surface area contributed by atoms with Crippen LogP contribution in [0, 0.1) is 6.92 Å². The number of halogens is 1. The van der Waals surface area contributed by atoms with Crippen molar-refractivity contribution < 1.29 is 0 Å². The number of rotatable bonds is 4. The number of benzene rings is 1. The molecule has 0 bridgehead atoms. The quantitative estimate of drug-likeness (QED) is 0.903. The Morgan fingerprint density at radius 3 is 2.82 bits per heavy atom. The molecule has 0 saturated carbocycles. The third-order valence-corrected chi connectivity index (χ3v) is 2.92. The minimum atomic E-state index is 0.730. The van der Waals surface area contributed by atoms with Gasteiger partial charge in [0.15, 0.2) is 0 Å². The average Bonchev–Trinajstić information content (AvgIpc) is 2.35. The molecular weight excluding hydrogens is 234 g/mol. The molecule has 1 aromatic heterocycles. The molecule has 0 atom stereocenters. The van der Waals surface area contributed by atoms with Crippen LogP contribution in [0.15, 0.2) is 36.8 Å². The van der Waals surface area contributed by atoms with E-state index in [4.69, 9.17) is 11.6 Å². The Bertz CT molecular complexity index is 485. The molecule has 0 unspecified atom stereocenters. The second-order valence-electron chi connectivity index (χ2n) is 3.89. The Balaban J connectivity index is 1.88. The Labute approximate surface area is 106 Å². The lowest BCUT2D eigenvalue weighted by atomic mass is 10.1. The SMILES string of the molecule is Cc1ccc(CNCc2ccncn2)cc1Cl. The van der Waals surface area contributed by atoms with E-state index < -0.39 is 0 Å². The third-order valence-electron chi connectivity index (χ3n) is 2.51. The Morgan fingerprint density at radius 2 is 2.12 bits per heavy atom. The van der Waals surface area contributed by atoms with Gasteiger partial charge in [0.25, 0.3) is 0 Å². The first kappa shape index (κ1) is 12.0. The lowest BCUT2D eigenvalue weighted by molar-refractivity contribution is 0.677. The second-order valence-corrected chi connectivity index (χ2v) is 4.30. The average molecular weight is 248 g/mol. The zero-order valence-electron chi connectivity index (χ0n) is 9.65. The highest BCUT2D eigenvalue weighted by Crippen LogP contribution is 2.16. The Hall–Kier alpha value is -1.45. The normalized spacial score (nSPS) is 10.5. The number of hydrogen-bond acceptors (Lipinski definition) is 3. The Morgan fingerprint density at radius 1 is 1.24 bits per heavy atom. The van der Waals surface area contributed by atoms with Crippen LogP contribution in [0.5, 0.6) is 0 Å². The fourth-order valence-corrected chi connectivity index (χ4v) is 1.71. The van der Waals surface area contributed by atoms with Crippen molar-refractivity contribution in [3.05, 3.63) is 58.6 Å². The summed E-state index contributed by atoms with van der Waals surface area (Å²) in [6.07, 6.45) is 3.30. The summed E-state index contributed by atoms with van der Waals surface area (Å²) in [5, 5.41) is 4.13. The summed E-state index contributed by atoms with van der Waals surface area (Å²) in [6.45, 7) is 3.51. The highest BCUT2D eigenvalue weighted by molar-refractivity contribution is 6.31. The van der Waals surface area contributed by atoms with E-state index in [1.807, 2.05) is 25.1 Å². The largest absolute Gasteiger partial charge is 0.307 e. The van der Waals surface area contributed by atoms with Crippen LogP contribution in [0.25, 0.3) is 0 Å². The van der Waals surface area contributed by atoms with Gasteiger partial charge in [0, 0.05) is 24.3 Å². The standard InChI is InChI=1S/C13H14ClN3/c1-10-2-3-11(6-13(10)14)7-16-8-12-4-5-15-9-17-12/h2-6,9,16H,7-8H2,1H3. The molecule has 0 saturated heterocycles. The van der Waals surface area contributed by atoms with Crippen molar-refractivity contribution in [1.82, 2.24) is 15.3 Å². The minimum Gasteiger partial charge on any atom is -0.307 e. The van der Waals surface area contributed by atoms with Gasteiger partial charge in [-0.2, -0.15) is 0 Å². The van der Waals surface area contributed by atoms with Gasteiger partial charge >= 0.3 is 0 Å². The van der Waals surface area contributed by atoms with E-state index >= 15 is 0 Å².